The second-order valence-electron chi connectivity index (χ2n) is 7.14. The number of rotatable bonds is 2. The number of benzene rings is 2. The first-order chi connectivity index (χ1) is 14.6. The van der Waals surface area contributed by atoms with Crippen LogP contribution >= 0.6 is 0 Å². The molecule has 1 amide bonds. The number of nitrogens with zero attached hydrogens (tertiary/aromatic N) is 3. The number of ether oxygens (including phenoxy) is 2. The van der Waals surface area contributed by atoms with Crippen LogP contribution in [0.2, 0.25) is 0 Å². The zero-order valence-electron chi connectivity index (χ0n) is 16.6. The number of fused-ring (bicyclic) bond motifs is 4. The fraction of sp³-hybridized carbons (Fsp3) is 0.0833. The summed E-state index contributed by atoms with van der Waals surface area (Å²) < 4.78 is 14.1. The number of carbonyl (C=O) groups excluding carboxylic acids is 1. The largest absolute Gasteiger partial charge is 0.449 e. The molecule has 148 valence electrons. The third kappa shape index (κ3) is 2.90. The van der Waals surface area contributed by atoms with E-state index in [9.17, 15) is 4.79 Å². The van der Waals surface area contributed by atoms with Gasteiger partial charge in [0.2, 0.25) is 0 Å². The van der Waals surface area contributed by atoms with E-state index in [2.05, 4.69) is 4.98 Å². The van der Waals surface area contributed by atoms with Crippen molar-refractivity contribution in [2.45, 2.75) is 0 Å². The molecule has 5 rings (SSSR count). The summed E-state index contributed by atoms with van der Waals surface area (Å²) in [6.07, 6.45) is 3.10. The van der Waals surface area contributed by atoms with Crippen LogP contribution in [-0.2, 0) is 4.74 Å². The summed E-state index contributed by atoms with van der Waals surface area (Å²) >= 11 is 0. The lowest BCUT2D eigenvalue weighted by atomic mass is 10.0. The Morgan fingerprint density at radius 3 is 2.70 bits per heavy atom. The van der Waals surface area contributed by atoms with Gasteiger partial charge in [0, 0.05) is 32.1 Å². The van der Waals surface area contributed by atoms with Crippen molar-refractivity contribution in [2.75, 3.05) is 14.1 Å². The summed E-state index contributed by atoms with van der Waals surface area (Å²) in [5.74, 6) is 2.02. The molecule has 0 N–H and O–H groups in total. The molecule has 4 aromatic rings. The van der Waals surface area contributed by atoms with Gasteiger partial charge in [0.15, 0.2) is 23.1 Å². The van der Waals surface area contributed by atoms with Gasteiger partial charge >= 0.3 is 6.09 Å². The lowest BCUT2D eigenvalue weighted by Gasteiger charge is -2.17. The van der Waals surface area contributed by atoms with Crippen molar-refractivity contribution in [2.24, 2.45) is 0 Å². The van der Waals surface area contributed by atoms with E-state index in [-0.39, 0.29) is 0 Å². The second-order valence-corrected chi connectivity index (χ2v) is 7.14. The van der Waals surface area contributed by atoms with Gasteiger partial charge in [-0.3, -0.25) is 4.57 Å². The van der Waals surface area contributed by atoms with Crippen LogP contribution in [0.25, 0.3) is 28.1 Å². The third-order valence-electron chi connectivity index (χ3n) is 4.97. The number of pyridine rings is 1. The van der Waals surface area contributed by atoms with E-state index < -0.39 is 6.09 Å². The monoisotopic (exact) mass is 397 g/mol. The van der Waals surface area contributed by atoms with Crippen molar-refractivity contribution in [1.29, 1.82) is 0 Å². The second kappa shape index (κ2) is 7.08. The summed E-state index contributed by atoms with van der Waals surface area (Å²) in [6, 6.07) is 21.5. The van der Waals surface area contributed by atoms with Crippen LogP contribution in [0.15, 0.2) is 79.1 Å². The lowest BCUT2D eigenvalue weighted by Crippen LogP contribution is -2.23. The van der Waals surface area contributed by atoms with Gasteiger partial charge < -0.3 is 14.4 Å². The Kier molecular flexibility index (Phi) is 4.25. The maximum atomic E-state index is 12.6. The predicted octanol–water partition coefficient (Wildman–Crippen LogP) is 4.94. The van der Waals surface area contributed by atoms with Gasteiger partial charge in [0.1, 0.15) is 0 Å². The van der Waals surface area contributed by atoms with Gasteiger partial charge in [0.25, 0.3) is 0 Å². The van der Waals surface area contributed by atoms with Gasteiger partial charge in [-0.25, -0.2) is 9.78 Å². The normalized spacial score (nSPS) is 12.6. The molecule has 1 aliphatic heterocycles. The summed E-state index contributed by atoms with van der Waals surface area (Å²) in [6.45, 7) is 0. The molecule has 30 heavy (non-hydrogen) atoms. The van der Waals surface area contributed by atoms with Crippen molar-refractivity contribution in [3.8, 4) is 11.6 Å². The van der Waals surface area contributed by atoms with Gasteiger partial charge in [-0.15, -0.1) is 0 Å². The van der Waals surface area contributed by atoms with Gasteiger partial charge in [-0.05, 0) is 35.0 Å². The summed E-state index contributed by atoms with van der Waals surface area (Å²) in [4.78, 5) is 18.4. The van der Waals surface area contributed by atoms with Crippen molar-refractivity contribution >= 4 is 28.4 Å². The van der Waals surface area contributed by atoms with E-state index >= 15 is 0 Å². The molecular formula is C24H19N3O3. The minimum atomic E-state index is -0.488. The molecule has 0 unspecified atom stereocenters. The molecule has 0 bridgehead atoms. The van der Waals surface area contributed by atoms with Gasteiger partial charge in [0.05, 0.1) is 5.69 Å². The molecule has 0 aliphatic carbocycles. The Bertz CT molecular complexity index is 1300. The minimum Gasteiger partial charge on any atom is -0.449 e. The Balaban J connectivity index is 1.83. The molecule has 0 atom stereocenters. The molecule has 0 fully saturated rings. The molecule has 0 saturated carbocycles. The summed E-state index contributed by atoms with van der Waals surface area (Å²) in [5.41, 5.74) is 1.52. The van der Waals surface area contributed by atoms with Crippen LogP contribution in [0.1, 0.15) is 11.3 Å². The quantitative estimate of drug-likeness (QED) is 0.481. The smallest absolute Gasteiger partial charge is 0.414 e. The maximum absolute atomic E-state index is 12.6. The highest BCUT2D eigenvalue weighted by atomic mass is 16.6. The number of hydrogen-bond acceptors (Lipinski definition) is 4. The molecule has 3 heterocycles. The number of hydrogen-bond donors (Lipinski definition) is 0. The topological polar surface area (TPSA) is 56.6 Å². The van der Waals surface area contributed by atoms with Crippen molar-refractivity contribution in [1.82, 2.24) is 14.5 Å². The van der Waals surface area contributed by atoms with Crippen LogP contribution in [0, 0.1) is 0 Å². The van der Waals surface area contributed by atoms with E-state index in [4.69, 9.17) is 9.47 Å². The highest BCUT2D eigenvalue weighted by Crippen LogP contribution is 2.39. The van der Waals surface area contributed by atoms with Crippen molar-refractivity contribution in [3.05, 3.63) is 90.4 Å². The highest BCUT2D eigenvalue weighted by Gasteiger charge is 2.28. The first-order valence-corrected chi connectivity index (χ1v) is 9.56. The number of amides is 1. The van der Waals surface area contributed by atoms with E-state index in [1.165, 1.54) is 4.90 Å². The van der Waals surface area contributed by atoms with Crippen LogP contribution in [0.4, 0.5) is 4.79 Å². The molecule has 0 radical (unpaired) electrons. The molecular weight excluding hydrogens is 378 g/mol. The minimum absolute atomic E-state index is 0.341. The number of aromatic nitrogens is 2. The Morgan fingerprint density at radius 1 is 1.00 bits per heavy atom. The van der Waals surface area contributed by atoms with Crippen molar-refractivity contribution < 1.29 is 14.3 Å². The summed E-state index contributed by atoms with van der Waals surface area (Å²) in [7, 11) is 3.29. The van der Waals surface area contributed by atoms with E-state index in [1.54, 1.807) is 20.3 Å². The van der Waals surface area contributed by atoms with Crippen LogP contribution in [0.3, 0.4) is 0 Å². The average Bonchev–Trinajstić information content (AvgIpc) is 3.21. The fourth-order valence-electron chi connectivity index (χ4n) is 3.54. The molecule has 0 spiro atoms. The summed E-state index contributed by atoms with van der Waals surface area (Å²) in [5, 5.41) is 2.06. The van der Waals surface area contributed by atoms with Crippen LogP contribution in [-0.4, -0.2) is 34.6 Å². The maximum Gasteiger partial charge on any atom is 0.414 e. The molecule has 6 heteroatoms. The Morgan fingerprint density at radius 2 is 1.83 bits per heavy atom. The first-order valence-electron chi connectivity index (χ1n) is 9.56. The standard InChI is InChI=1S/C24H19N3O3/c1-26(2)24(28)30-22-19-12-7-15-27(19)23-20(13-6-14-25-23)29-21(22)18-11-5-9-16-8-3-4-10-17(16)18/h3-15H,1-2H3. The Hall–Kier alpha value is -4.06. The Labute approximate surface area is 173 Å². The molecule has 2 aromatic heterocycles. The predicted molar refractivity (Wildman–Crippen MR) is 115 cm³/mol. The number of carbonyl (C=O) groups is 1. The third-order valence-corrected chi connectivity index (χ3v) is 4.97. The molecule has 2 aromatic carbocycles. The van der Waals surface area contributed by atoms with Crippen LogP contribution < -0.4 is 4.74 Å². The molecule has 0 saturated heterocycles. The first kappa shape index (κ1) is 18.0. The average molecular weight is 397 g/mol. The zero-order valence-corrected chi connectivity index (χ0v) is 16.6. The van der Waals surface area contributed by atoms with Crippen LogP contribution in [0.5, 0.6) is 5.75 Å². The fourth-order valence-corrected chi connectivity index (χ4v) is 3.54. The van der Waals surface area contributed by atoms with Crippen molar-refractivity contribution in [3.63, 3.8) is 0 Å². The van der Waals surface area contributed by atoms with E-state index in [0.29, 0.717) is 28.8 Å². The van der Waals surface area contributed by atoms with Gasteiger partial charge in [-0.1, -0.05) is 42.5 Å². The lowest BCUT2D eigenvalue weighted by molar-refractivity contribution is 0.162. The van der Waals surface area contributed by atoms with Gasteiger partial charge in [-0.2, -0.15) is 0 Å². The highest BCUT2D eigenvalue weighted by molar-refractivity contribution is 6.00. The van der Waals surface area contributed by atoms with E-state index in [0.717, 1.165) is 16.3 Å². The van der Waals surface area contributed by atoms with E-state index in [1.807, 2.05) is 77.5 Å². The molecule has 1 aliphatic rings. The zero-order chi connectivity index (χ0) is 20.7. The molecule has 6 nitrogen and oxygen atoms in total. The SMILES string of the molecule is CN(C)C(=O)OC1=C(c2cccc3ccccc23)Oc2cccnc2-n2cccc21.